The van der Waals surface area contributed by atoms with Crippen LogP contribution in [-0.4, -0.2) is 26.8 Å². The highest BCUT2D eigenvalue weighted by Crippen LogP contribution is 2.40. The molecule has 1 aromatic heterocycles. The number of hydrogen-bond acceptors (Lipinski definition) is 5. The monoisotopic (exact) mass is 548 g/mol. The Balaban J connectivity index is 2.12. The van der Waals surface area contributed by atoms with Crippen LogP contribution in [0.1, 0.15) is 5.69 Å². The van der Waals surface area contributed by atoms with E-state index in [1.54, 1.807) is 18.2 Å². The number of aromatic nitrogens is 2. The quantitative estimate of drug-likeness (QED) is 0.467. The molecule has 0 radical (unpaired) electrons. The Morgan fingerprint density at radius 1 is 1.15 bits per heavy atom. The fourth-order valence-electron chi connectivity index (χ4n) is 2.80. The van der Waals surface area contributed by atoms with E-state index < -0.39 is 47.2 Å². The van der Waals surface area contributed by atoms with Crippen LogP contribution in [0.25, 0.3) is 5.69 Å². The molecule has 174 valence electrons. The lowest BCUT2D eigenvalue weighted by atomic mass is 10.3. The van der Waals surface area contributed by atoms with Gasteiger partial charge in [0, 0.05) is 22.5 Å². The summed E-state index contributed by atoms with van der Waals surface area (Å²) in [4.78, 5) is 36.4. The molecule has 1 N–H and O–H groups in total. The van der Waals surface area contributed by atoms with Crippen molar-refractivity contribution >= 4 is 33.7 Å². The average Bonchev–Trinajstić information content (AvgIpc) is 2.72. The second-order valence-electron chi connectivity index (χ2n) is 6.51. The maximum absolute atomic E-state index is 14.7. The van der Waals surface area contributed by atoms with Gasteiger partial charge in [-0.25, -0.2) is 18.5 Å². The molecule has 3 aromatic rings. The number of carboxylic acids is 1. The van der Waals surface area contributed by atoms with Crippen molar-refractivity contribution in [2.75, 3.05) is 6.61 Å². The number of halogens is 5. The molecule has 0 amide bonds. The normalized spacial score (nSPS) is 11.5. The zero-order chi connectivity index (χ0) is 24.5. The van der Waals surface area contributed by atoms with Crippen LogP contribution >= 0.6 is 27.7 Å². The largest absolute Gasteiger partial charge is 0.481 e. The Hall–Kier alpha value is -3.06. The second kappa shape index (κ2) is 9.43. The number of nitrogens with zero attached hydrogens (tertiary/aromatic N) is 2. The molecular weight excluding hydrogens is 536 g/mol. The van der Waals surface area contributed by atoms with Crippen molar-refractivity contribution in [2.45, 2.75) is 16.0 Å². The number of hydrogen-bond donors (Lipinski definition) is 1. The van der Waals surface area contributed by atoms with Crippen molar-refractivity contribution in [1.29, 1.82) is 0 Å². The van der Waals surface area contributed by atoms with Crippen LogP contribution in [0.15, 0.2) is 66.3 Å². The minimum absolute atomic E-state index is 0.213. The maximum atomic E-state index is 14.7. The minimum Gasteiger partial charge on any atom is -0.481 e. The molecule has 1 heterocycles. The fraction of sp³-hybridized carbons (Fsp3) is 0.150. The smallest absolute Gasteiger partial charge is 0.431 e. The van der Waals surface area contributed by atoms with Gasteiger partial charge >= 0.3 is 17.8 Å². The van der Waals surface area contributed by atoms with Crippen molar-refractivity contribution in [3.8, 4) is 11.4 Å². The van der Waals surface area contributed by atoms with Gasteiger partial charge in [0.2, 0.25) is 0 Å². The molecule has 7 nitrogen and oxygen atoms in total. The second-order valence-corrected chi connectivity index (χ2v) is 8.45. The first kappa shape index (κ1) is 24.6. The van der Waals surface area contributed by atoms with Crippen LogP contribution in [-0.2, 0) is 18.0 Å². The summed E-state index contributed by atoms with van der Waals surface area (Å²) in [5.74, 6) is -2.01. The van der Waals surface area contributed by atoms with Gasteiger partial charge in [0.15, 0.2) is 6.61 Å². The molecule has 0 aliphatic rings. The van der Waals surface area contributed by atoms with Gasteiger partial charge in [-0.05, 0) is 40.2 Å². The summed E-state index contributed by atoms with van der Waals surface area (Å²) in [5.41, 5.74) is -4.75. The van der Waals surface area contributed by atoms with Crippen LogP contribution in [0, 0.1) is 5.82 Å². The molecule has 13 heteroatoms. The highest BCUT2D eigenvalue weighted by atomic mass is 79.9. The molecule has 0 saturated carbocycles. The van der Waals surface area contributed by atoms with Crippen LogP contribution < -0.4 is 16.0 Å². The first-order chi connectivity index (χ1) is 15.4. The highest BCUT2D eigenvalue weighted by Gasteiger charge is 2.35. The number of alkyl halides is 3. The molecule has 0 fully saturated rings. The van der Waals surface area contributed by atoms with Gasteiger partial charge in [-0.3, -0.25) is 9.36 Å². The number of carbonyl (C=O) groups is 1. The first-order valence-electron chi connectivity index (χ1n) is 8.91. The molecule has 0 aliphatic carbocycles. The molecule has 0 bridgehead atoms. The predicted octanol–water partition coefficient (Wildman–Crippen LogP) is 4.07. The third-order valence-electron chi connectivity index (χ3n) is 4.27. The number of aliphatic carboxylic acids is 1. The van der Waals surface area contributed by atoms with Crippen LogP contribution in [0.3, 0.4) is 0 Å². The lowest BCUT2D eigenvalue weighted by Gasteiger charge is -2.16. The van der Waals surface area contributed by atoms with E-state index in [1.165, 1.54) is 6.07 Å². The van der Waals surface area contributed by atoms with Crippen LogP contribution in [0.5, 0.6) is 5.75 Å². The van der Waals surface area contributed by atoms with Gasteiger partial charge in [0.1, 0.15) is 17.3 Å². The Labute approximate surface area is 195 Å². The summed E-state index contributed by atoms with van der Waals surface area (Å²) in [6, 6.07) is 8.66. The highest BCUT2D eigenvalue weighted by molar-refractivity contribution is 9.10. The van der Waals surface area contributed by atoms with Crippen molar-refractivity contribution in [3.05, 3.63) is 79.3 Å². The van der Waals surface area contributed by atoms with E-state index in [2.05, 4.69) is 15.9 Å². The van der Waals surface area contributed by atoms with E-state index in [0.29, 0.717) is 9.46 Å². The zero-order valence-corrected chi connectivity index (χ0v) is 18.9. The molecule has 3 rings (SSSR count). The van der Waals surface area contributed by atoms with Crippen molar-refractivity contribution in [3.63, 3.8) is 0 Å². The number of ether oxygens (including phenoxy) is 1. The van der Waals surface area contributed by atoms with Crippen LogP contribution in [0.2, 0.25) is 0 Å². The maximum Gasteiger partial charge on any atom is 0.431 e. The molecule has 0 saturated heterocycles. The van der Waals surface area contributed by atoms with E-state index in [-0.39, 0.29) is 25.8 Å². The summed E-state index contributed by atoms with van der Waals surface area (Å²) in [6.45, 7) is -0.607. The summed E-state index contributed by atoms with van der Waals surface area (Å²) in [7, 11) is 0.823. The van der Waals surface area contributed by atoms with E-state index in [1.807, 2.05) is 0 Å². The third-order valence-corrected chi connectivity index (χ3v) is 6.31. The fourth-order valence-corrected chi connectivity index (χ4v) is 4.30. The molecule has 0 spiro atoms. The lowest BCUT2D eigenvalue weighted by Crippen LogP contribution is -2.41. The average molecular weight is 549 g/mol. The lowest BCUT2D eigenvalue weighted by molar-refractivity contribution is -0.144. The predicted molar refractivity (Wildman–Crippen MR) is 114 cm³/mol. The molecule has 33 heavy (non-hydrogen) atoms. The van der Waals surface area contributed by atoms with E-state index in [9.17, 15) is 31.9 Å². The number of para-hydroxylation sites is 1. The van der Waals surface area contributed by atoms with Gasteiger partial charge in [0.05, 0.1) is 10.6 Å². The molecule has 2 aromatic carbocycles. The standard InChI is InChI=1S/C20H13BrF4N2O5S/c1-26-16(20(23,24)25)8-17(28)27(19(26)31)12-7-15(10(21)6-11(12)22)33-14-5-3-2-4-13(14)32-9-18(29)30/h2-8H,9H2,1H3,(H,29,30). The SMILES string of the molecule is Cn1c(C(F)(F)F)cc(=O)n(-c2cc(Sc3ccccc3OCC(=O)O)c(Br)cc2F)c1=O. The Morgan fingerprint density at radius 3 is 2.45 bits per heavy atom. The molecular formula is C20H13BrF4N2O5S. The number of rotatable bonds is 6. The van der Waals surface area contributed by atoms with E-state index in [4.69, 9.17) is 9.84 Å². The van der Waals surface area contributed by atoms with Crippen molar-refractivity contribution < 1.29 is 32.2 Å². The van der Waals surface area contributed by atoms with Crippen molar-refractivity contribution in [1.82, 2.24) is 9.13 Å². The van der Waals surface area contributed by atoms with Gasteiger partial charge in [-0.2, -0.15) is 13.2 Å². The van der Waals surface area contributed by atoms with E-state index >= 15 is 0 Å². The number of carboxylic acid groups (broad SMARTS) is 1. The molecule has 0 aliphatic heterocycles. The summed E-state index contributed by atoms with van der Waals surface area (Å²) < 4.78 is 59.9. The van der Waals surface area contributed by atoms with Gasteiger partial charge < -0.3 is 9.84 Å². The molecule has 0 unspecified atom stereocenters. The summed E-state index contributed by atoms with van der Waals surface area (Å²) in [5, 5.41) is 8.82. The third kappa shape index (κ3) is 5.30. The summed E-state index contributed by atoms with van der Waals surface area (Å²) in [6.07, 6.45) is -4.95. The van der Waals surface area contributed by atoms with Gasteiger partial charge in [0.25, 0.3) is 5.56 Å². The number of benzene rings is 2. The van der Waals surface area contributed by atoms with Gasteiger partial charge in [-0.1, -0.05) is 23.9 Å². The Bertz CT molecular complexity index is 1350. The van der Waals surface area contributed by atoms with E-state index in [0.717, 1.165) is 30.9 Å². The Morgan fingerprint density at radius 2 is 1.82 bits per heavy atom. The summed E-state index contributed by atoms with van der Waals surface area (Å²) >= 11 is 4.17. The molecule has 0 atom stereocenters. The topological polar surface area (TPSA) is 90.5 Å². The first-order valence-corrected chi connectivity index (χ1v) is 10.5. The zero-order valence-electron chi connectivity index (χ0n) is 16.5. The van der Waals surface area contributed by atoms with Crippen LogP contribution in [0.4, 0.5) is 17.6 Å². The van der Waals surface area contributed by atoms with Gasteiger partial charge in [-0.15, -0.1) is 0 Å². The minimum atomic E-state index is -4.95. The Kier molecular flexibility index (Phi) is 7.03. The van der Waals surface area contributed by atoms with Crippen molar-refractivity contribution in [2.24, 2.45) is 7.05 Å².